The fourth-order valence-corrected chi connectivity index (χ4v) is 4.89. The van der Waals surface area contributed by atoms with E-state index in [1.807, 2.05) is 0 Å². The van der Waals surface area contributed by atoms with Crippen molar-refractivity contribution in [2.24, 2.45) is 16.7 Å². The number of hydrogen-bond donors (Lipinski definition) is 0. The van der Waals surface area contributed by atoms with Crippen LogP contribution in [-0.2, 0) is 0 Å². The summed E-state index contributed by atoms with van der Waals surface area (Å²) >= 11 is 0. The summed E-state index contributed by atoms with van der Waals surface area (Å²) in [5.41, 5.74) is 3.94. The summed E-state index contributed by atoms with van der Waals surface area (Å²) in [5, 5.41) is 0. The van der Waals surface area contributed by atoms with Gasteiger partial charge in [0.05, 0.1) is 0 Å². The maximum absolute atomic E-state index is 2.64. The summed E-state index contributed by atoms with van der Waals surface area (Å²) in [6, 6.07) is 9.24. The van der Waals surface area contributed by atoms with E-state index in [4.69, 9.17) is 0 Å². The highest BCUT2D eigenvalue weighted by atomic mass is 15.3. The van der Waals surface area contributed by atoms with Crippen molar-refractivity contribution < 1.29 is 0 Å². The first kappa shape index (κ1) is 18.8. The second kappa shape index (κ2) is 6.95. The molecular formula is C23H38N2. The molecule has 0 unspecified atom stereocenters. The Labute approximate surface area is 155 Å². The average molecular weight is 343 g/mol. The molecule has 1 saturated heterocycles. The Hall–Kier alpha value is -1.02. The zero-order chi connectivity index (χ0) is 18.2. The topological polar surface area (TPSA) is 6.48 Å². The molecule has 0 N–H and O–H groups in total. The summed E-state index contributed by atoms with van der Waals surface area (Å²) in [6.07, 6.45) is 2.62. The maximum atomic E-state index is 2.64. The minimum atomic E-state index is 0.417. The molecule has 3 rings (SSSR count). The van der Waals surface area contributed by atoms with Gasteiger partial charge in [-0.1, -0.05) is 59.7 Å². The highest BCUT2D eigenvalue weighted by Gasteiger charge is 2.47. The predicted octanol–water partition coefficient (Wildman–Crippen LogP) is 5.39. The first-order valence-corrected chi connectivity index (χ1v) is 10.3. The van der Waals surface area contributed by atoms with E-state index in [0.717, 1.165) is 5.92 Å². The van der Waals surface area contributed by atoms with Crippen LogP contribution in [0.15, 0.2) is 24.3 Å². The van der Waals surface area contributed by atoms with Gasteiger partial charge in [-0.15, -0.1) is 0 Å². The molecule has 1 aromatic carbocycles. The lowest BCUT2D eigenvalue weighted by Gasteiger charge is -2.38. The van der Waals surface area contributed by atoms with Crippen LogP contribution in [0, 0.1) is 16.7 Å². The molecule has 2 heteroatoms. The Balaban J connectivity index is 1.75. The first-order chi connectivity index (χ1) is 11.7. The Bertz CT molecular complexity index is 564. The van der Waals surface area contributed by atoms with E-state index in [2.05, 4.69) is 75.6 Å². The third-order valence-electron chi connectivity index (χ3n) is 7.06. The van der Waals surface area contributed by atoms with Crippen LogP contribution in [0.3, 0.4) is 0 Å². The van der Waals surface area contributed by atoms with Gasteiger partial charge in [0.2, 0.25) is 0 Å². The van der Waals surface area contributed by atoms with E-state index >= 15 is 0 Å². The predicted molar refractivity (Wildman–Crippen MR) is 109 cm³/mol. The minimum absolute atomic E-state index is 0.417. The SMILES string of the molecule is CC(C)CN1CCN(c2ccccc2C2CC(C)(C)C(C)(C)C2)CC1. The zero-order valence-electron chi connectivity index (χ0n) is 17.3. The van der Waals surface area contributed by atoms with Gasteiger partial charge in [0.1, 0.15) is 0 Å². The standard InChI is InChI=1S/C23H38N2/c1-18(2)17-24-11-13-25(14-12-24)21-10-8-7-9-20(21)19-15-22(3,4)23(5,6)16-19/h7-10,18-19H,11-17H2,1-6H3. The quantitative estimate of drug-likeness (QED) is 0.723. The molecule has 0 spiro atoms. The molecule has 2 nitrogen and oxygen atoms in total. The van der Waals surface area contributed by atoms with Gasteiger partial charge in [-0.2, -0.15) is 0 Å². The normalized spacial score (nSPS) is 24.2. The van der Waals surface area contributed by atoms with Gasteiger partial charge in [-0.05, 0) is 47.1 Å². The van der Waals surface area contributed by atoms with Crippen LogP contribution in [0.2, 0.25) is 0 Å². The van der Waals surface area contributed by atoms with Crippen LogP contribution in [-0.4, -0.2) is 37.6 Å². The molecule has 1 aliphatic carbocycles. The van der Waals surface area contributed by atoms with Gasteiger partial charge in [-0.25, -0.2) is 0 Å². The fourth-order valence-electron chi connectivity index (χ4n) is 4.89. The van der Waals surface area contributed by atoms with Crippen molar-refractivity contribution in [3.8, 4) is 0 Å². The van der Waals surface area contributed by atoms with Crippen LogP contribution >= 0.6 is 0 Å². The van der Waals surface area contributed by atoms with Gasteiger partial charge in [0, 0.05) is 38.4 Å². The lowest BCUT2D eigenvalue weighted by Crippen LogP contribution is -2.47. The molecule has 0 aromatic heterocycles. The molecule has 0 radical (unpaired) electrons. The van der Waals surface area contributed by atoms with Crippen LogP contribution in [0.4, 0.5) is 5.69 Å². The lowest BCUT2D eigenvalue weighted by atomic mass is 9.71. The maximum Gasteiger partial charge on any atom is 0.0402 e. The zero-order valence-corrected chi connectivity index (χ0v) is 17.3. The average Bonchev–Trinajstić information content (AvgIpc) is 2.75. The Morgan fingerprint density at radius 1 is 0.920 bits per heavy atom. The van der Waals surface area contributed by atoms with Crippen molar-refractivity contribution in [1.29, 1.82) is 0 Å². The monoisotopic (exact) mass is 342 g/mol. The first-order valence-electron chi connectivity index (χ1n) is 10.3. The van der Waals surface area contributed by atoms with E-state index in [1.165, 1.54) is 51.3 Å². The highest BCUT2D eigenvalue weighted by molar-refractivity contribution is 5.56. The van der Waals surface area contributed by atoms with Crippen molar-refractivity contribution in [3.63, 3.8) is 0 Å². The molecule has 1 heterocycles. The van der Waals surface area contributed by atoms with Crippen LogP contribution in [0.1, 0.15) is 65.9 Å². The van der Waals surface area contributed by atoms with E-state index in [-0.39, 0.29) is 0 Å². The Morgan fingerprint density at radius 2 is 1.48 bits per heavy atom. The second-order valence-corrected chi connectivity index (χ2v) is 10.1. The number of benzene rings is 1. The molecule has 1 aliphatic heterocycles. The third kappa shape index (κ3) is 3.89. The molecule has 1 aromatic rings. The summed E-state index contributed by atoms with van der Waals surface area (Å²) in [7, 11) is 0. The van der Waals surface area contributed by atoms with Gasteiger partial charge >= 0.3 is 0 Å². The van der Waals surface area contributed by atoms with E-state index in [1.54, 1.807) is 5.56 Å². The van der Waals surface area contributed by atoms with Crippen LogP contribution in [0.25, 0.3) is 0 Å². The highest BCUT2D eigenvalue weighted by Crippen LogP contribution is 2.58. The van der Waals surface area contributed by atoms with Crippen molar-refractivity contribution in [3.05, 3.63) is 29.8 Å². The smallest absolute Gasteiger partial charge is 0.0402 e. The molecular weight excluding hydrogens is 304 g/mol. The fraction of sp³-hybridized carbons (Fsp3) is 0.739. The summed E-state index contributed by atoms with van der Waals surface area (Å²) < 4.78 is 0. The summed E-state index contributed by atoms with van der Waals surface area (Å²) in [6.45, 7) is 20.5. The summed E-state index contributed by atoms with van der Waals surface area (Å²) in [5.74, 6) is 1.47. The second-order valence-electron chi connectivity index (χ2n) is 10.1. The van der Waals surface area contributed by atoms with Crippen molar-refractivity contribution in [2.75, 3.05) is 37.6 Å². The number of anilines is 1. The van der Waals surface area contributed by atoms with E-state index in [0.29, 0.717) is 16.7 Å². The molecule has 0 bridgehead atoms. The number of nitrogens with zero attached hydrogens (tertiary/aromatic N) is 2. The minimum Gasteiger partial charge on any atom is -0.369 e. The van der Waals surface area contributed by atoms with Crippen molar-refractivity contribution >= 4 is 5.69 Å². The van der Waals surface area contributed by atoms with Crippen LogP contribution < -0.4 is 4.90 Å². The third-order valence-corrected chi connectivity index (χ3v) is 7.06. The molecule has 1 saturated carbocycles. The van der Waals surface area contributed by atoms with Gasteiger partial charge in [0.15, 0.2) is 0 Å². The van der Waals surface area contributed by atoms with Gasteiger partial charge in [0.25, 0.3) is 0 Å². The number of para-hydroxylation sites is 1. The van der Waals surface area contributed by atoms with Crippen molar-refractivity contribution in [2.45, 2.75) is 60.3 Å². The lowest BCUT2D eigenvalue weighted by molar-refractivity contribution is 0.157. The number of piperazine rings is 1. The molecule has 2 fully saturated rings. The van der Waals surface area contributed by atoms with Crippen molar-refractivity contribution in [1.82, 2.24) is 4.90 Å². The van der Waals surface area contributed by atoms with Gasteiger partial charge < -0.3 is 4.90 Å². The molecule has 25 heavy (non-hydrogen) atoms. The molecule has 140 valence electrons. The molecule has 0 atom stereocenters. The Morgan fingerprint density at radius 3 is 2.04 bits per heavy atom. The number of hydrogen-bond acceptors (Lipinski definition) is 2. The largest absolute Gasteiger partial charge is 0.369 e. The van der Waals surface area contributed by atoms with E-state index in [9.17, 15) is 0 Å². The number of rotatable bonds is 4. The summed E-state index contributed by atoms with van der Waals surface area (Å²) in [4.78, 5) is 5.27. The Kier molecular flexibility index (Phi) is 5.21. The van der Waals surface area contributed by atoms with Gasteiger partial charge in [-0.3, -0.25) is 4.90 Å². The molecule has 0 amide bonds. The molecule has 2 aliphatic rings. The van der Waals surface area contributed by atoms with Crippen LogP contribution in [0.5, 0.6) is 0 Å². The van der Waals surface area contributed by atoms with E-state index < -0.39 is 0 Å².